The lowest BCUT2D eigenvalue weighted by Gasteiger charge is -2.25. The minimum absolute atomic E-state index is 0.301. The van der Waals surface area contributed by atoms with E-state index in [0.717, 1.165) is 12.5 Å². The van der Waals surface area contributed by atoms with Crippen molar-refractivity contribution in [1.82, 2.24) is 14.6 Å². The van der Waals surface area contributed by atoms with E-state index in [0.29, 0.717) is 17.5 Å². The lowest BCUT2D eigenvalue weighted by Crippen LogP contribution is -2.20. The highest BCUT2D eigenvalue weighted by Crippen LogP contribution is 2.28. The molecule has 1 aliphatic rings. The van der Waals surface area contributed by atoms with E-state index in [1.165, 1.54) is 42.5 Å². The Morgan fingerprint density at radius 2 is 2.11 bits per heavy atom. The van der Waals surface area contributed by atoms with Gasteiger partial charge in [-0.25, -0.2) is 8.91 Å². The van der Waals surface area contributed by atoms with Crippen molar-refractivity contribution < 1.29 is 4.39 Å². The highest BCUT2D eigenvalue weighted by Gasteiger charge is 2.18. The summed E-state index contributed by atoms with van der Waals surface area (Å²) in [7, 11) is 0. The third-order valence-electron chi connectivity index (χ3n) is 3.98. The Hall–Kier alpha value is -1.65. The van der Waals surface area contributed by atoms with E-state index in [-0.39, 0.29) is 5.82 Å². The van der Waals surface area contributed by atoms with E-state index in [4.69, 9.17) is 0 Å². The molecule has 0 bridgehead atoms. The van der Waals surface area contributed by atoms with Crippen molar-refractivity contribution in [3.05, 3.63) is 24.1 Å². The second-order valence-corrected chi connectivity index (χ2v) is 5.59. The molecule has 0 unspecified atom stereocenters. The zero-order valence-corrected chi connectivity index (χ0v) is 11.1. The van der Waals surface area contributed by atoms with Gasteiger partial charge in [0.15, 0.2) is 5.65 Å². The van der Waals surface area contributed by atoms with Gasteiger partial charge < -0.3 is 5.32 Å². The molecular formula is C14H19FN4. The molecule has 4 nitrogen and oxygen atoms in total. The van der Waals surface area contributed by atoms with Crippen molar-refractivity contribution in [2.45, 2.75) is 32.6 Å². The molecule has 0 atom stereocenters. The summed E-state index contributed by atoms with van der Waals surface area (Å²) in [5.74, 6) is 1.86. The molecule has 5 heteroatoms. The van der Waals surface area contributed by atoms with Crippen LogP contribution in [0.3, 0.4) is 0 Å². The van der Waals surface area contributed by atoms with E-state index in [1.54, 1.807) is 6.07 Å². The largest absolute Gasteiger partial charge is 0.353 e. The highest BCUT2D eigenvalue weighted by atomic mass is 19.1. The average Bonchev–Trinajstić information content (AvgIpc) is 2.80. The zero-order valence-electron chi connectivity index (χ0n) is 11.1. The maximum Gasteiger partial charge on any atom is 0.243 e. The van der Waals surface area contributed by atoms with Crippen LogP contribution in [-0.2, 0) is 0 Å². The molecule has 1 N–H and O–H groups in total. The topological polar surface area (TPSA) is 42.2 Å². The molecule has 19 heavy (non-hydrogen) atoms. The Bertz CT molecular complexity index is 558. The van der Waals surface area contributed by atoms with E-state index in [9.17, 15) is 4.39 Å². The maximum atomic E-state index is 13.1. The van der Waals surface area contributed by atoms with Gasteiger partial charge in [0.2, 0.25) is 5.95 Å². The van der Waals surface area contributed by atoms with Crippen molar-refractivity contribution in [1.29, 1.82) is 0 Å². The van der Waals surface area contributed by atoms with Crippen LogP contribution in [0.4, 0.5) is 10.3 Å². The summed E-state index contributed by atoms with van der Waals surface area (Å²) in [6, 6.07) is 3.03. The van der Waals surface area contributed by atoms with Crippen LogP contribution in [-0.4, -0.2) is 21.1 Å². The molecule has 1 aliphatic carbocycles. The van der Waals surface area contributed by atoms with Gasteiger partial charge in [-0.05, 0) is 36.8 Å². The first kappa shape index (κ1) is 12.4. The summed E-state index contributed by atoms with van der Waals surface area (Å²) in [5.41, 5.74) is 0.668. The average molecular weight is 262 g/mol. The second-order valence-electron chi connectivity index (χ2n) is 5.59. The fourth-order valence-electron chi connectivity index (χ4n) is 2.70. The molecule has 3 rings (SSSR count). The normalized spacial score (nSPS) is 23.7. The molecule has 0 saturated heterocycles. The Morgan fingerprint density at radius 3 is 2.89 bits per heavy atom. The van der Waals surface area contributed by atoms with Crippen molar-refractivity contribution in [3.8, 4) is 0 Å². The van der Waals surface area contributed by atoms with Gasteiger partial charge >= 0.3 is 0 Å². The number of hydrogen-bond acceptors (Lipinski definition) is 3. The number of nitrogens with one attached hydrogen (secondary N) is 1. The number of aromatic nitrogens is 3. The van der Waals surface area contributed by atoms with Gasteiger partial charge in [0.25, 0.3) is 0 Å². The predicted octanol–water partition coefficient (Wildman–Crippen LogP) is 3.11. The summed E-state index contributed by atoms with van der Waals surface area (Å²) < 4.78 is 14.5. The number of halogens is 1. The smallest absolute Gasteiger partial charge is 0.243 e. The van der Waals surface area contributed by atoms with E-state index in [1.807, 2.05) is 0 Å². The monoisotopic (exact) mass is 262 g/mol. The summed E-state index contributed by atoms with van der Waals surface area (Å²) in [6.45, 7) is 3.23. The molecule has 2 aromatic heterocycles. The Morgan fingerprint density at radius 1 is 1.32 bits per heavy atom. The minimum Gasteiger partial charge on any atom is -0.353 e. The van der Waals surface area contributed by atoms with Crippen LogP contribution in [0.2, 0.25) is 0 Å². The van der Waals surface area contributed by atoms with Gasteiger partial charge in [-0.1, -0.05) is 19.8 Å². The number of rotatable bonds is 3. The first-order valence-corrected chi connectivity index (χ1v) is 6.96. The van der Waals surface area contributed by atoms with Gasteiger partial charge in [0, 0.05) is 6.54 Å². The Kier molecular flexibility index (Phi) is 3.36. The molecule has 1 fully saturated rings. The standard InChI is InChI=1S/C14H19FN4/c1-10-2-4-11(5-3-10)8-16-14-17-13-7-6-12(15)9-19(13)18-14/h6-7,9-11H,2-5,8H2,1H3,(H,16,18). The molecule has 2 aromatic rings. The van der Waals surface area contributed by atoms with Crippen LogP contribution in [0, 0.1) is 17.7 Å². The number of fused-ring (bicyclic) bond motifs is 1. The van der Waals surface area contributed by atoms with Crippen LogP contribution < -0.4 is 5.32 Å². The quantitative estimate of drug-likeness (QED) is 0.924. The number of hydrogen-bond donors (Lipinski definition) is 1. The van der Waals surface area contributed by atoms with Gasteiger partial charge in [-0.15, -0.1) is 5.10 Å². The summed E-state index contributed by atoms with van der Waals surface area (Å²) in [5, 5.41) is 7.50. The van der Waals surface area contributed by atoms with Crippen LogP contribution in [0.25, 0.3) is 5.65 Å². The number of nitrogens with zero attached hydrogens (tertiary/aromatic N) is 3. The van der Waals surface area contributed by atoms with E-state index >= 15 is 0 Å². The van der Waals surface area contributed by atoms with Crippen molar-refractivity contribution in [3.63, 3.8) is 0 Å². The van der Waals surface area contributed by atoms with Gasteiger partial charge in [0.05, 0.1) is 6.20 Å². The molecule has 102 valence electrons. The SMILES string of the molecule is CC1CCC(CNc2nc3ccc(F)cn3n2)CC1. The van der Waals surface area contributed by atoms with Gasteiger partial charge in [-0.2, -0.15) is 4.98 Å². The molecule has 1 saturated carbocycles. The molecule has 0 aliphatic heterocycles. The maximum absolute atomic E-state index is 13.1. The summed E-state index contributed by atoms with van der Waals surface area (Å²) in [4.78, 5) is 4.33. The summed E-state index contributed by atoms with van der Waals surface area (Å²) in [6.07, 6.45) is 6.52. The van der Waals surface area contributed by atoms with E-state index in [2.05, 4.69) is 22.3 Å². The van der Waals surface area contributed by atoms with Crippen LogP contribution in [0.5, 0.6) is 0 Å². The van der Waals surface area contributed by atoms with Crippen molar-refractivity contribution in [2.75, 3.05) is 11.9 Å². The Labute approximate surface area is 112 Å². The van der Waals surface area contributed by atoms with E-state index < -0.39 is 0 Å². The number of pyridine rings is 1. The molecule has 0 amide bonds. The zero-order chi connectivity index (χ0) is 13.2. The summed E-state index contributed by atoms with van der Waals surface area (Å²) >= 11 is 0. The van der Waals surface area contributed by atoms with Crippen molar-refractivity contribution in [2.24, 2.45) is 11.8 Å². The molecular weight excluding hydrogens is 243 g/mol. The first-order chi connectivity index (χ1) is 9.20. The fourth-order valence-corrected chi connectivity index (χ4v) is 2.70. The fraction of sp³-hybridized carbons (Fsp3) is 0.571. The van der Waals surface area contributed by atoms with Gasteiger partial charge in [-0.3, -0.25) is 0 Å². The highest BCUT2D eigenvalue weighted by molar-refractivity contribution is 5.43. The second kappa shape index (κ2) is 5.15. The first-order valence-electron chi connectivity index (χ1n) is 6.96. The Balaban J connectivity index is 1.62. The van der Waals surface area contributed by atoms with Crippen LogP contribution in [0.1, 0.15) is 32.6 Å². The molecule has 0 radical (unpaired) electrons. The number of anilines is 1. The lowest BCUT2D eigenvalue weighted by atomic mass is 9.83. The van der Waals surface area contributed by atoms with Gasteiger partial charge in [0.1, 0.15) is 5.82 Å². The lowest BCUT2D eigenvalue weighted by molar-refractivity contribution is 0.300. The molecule has 2 heterocycles. The van der Waals surface area contributed by atoms with Crippen LogP contribution >= 0.6 is 0 Å². The van der Waals surface area contributed by atoms with Crippen molar-refractivity contribution >= 4 is 11.6 Å². The third-order valence-corrected chi connectivity index (χ3v) is 3.98. The molecule has 0 spiro atoms. The predicted molar refractivity (Wildman–Crippen MR) is 72.6 cm³/mol. The molecule has 0 aromatic carbocycles. The van der Waals surface area contributed by atoms with Crippen LogP contribution in [0.15, 0.2) is 18.3 Å². The minimum atomic E-state index is -0.301. The third kappa shape index (κ3) is 2.85.